The molecule has 2 saturated heterocycles. The van der Waals surface area contributed by atoms with Gasteiger partial charge in [0.15, 0.2) is 0 Å². The number of nitrogens with zero attached hydrogens (tertiary/aromatic N) is 3. The lowest BCUT2D eigenvalue weighted by atomic mass is 9.77. The van der Waals surface area contributed by atoms with Crippen LogP contribution in [0.5, 0.6) is 0 Å². The molecule has 0 bridgehead atoms. The number of sulfonamides is 1. The van der Waals surface area contributed by atoms with Crippen LogP contribution in [0.25, 0.3) is 0 Å². The number of aromatic nitrogens is 1. The van der Waals surface area contributed by atoms with E-state index < -0.39 is 21.9 Å². The van der Waals surface area contributed by atoms with Gasteiger partial charge < -0.3 is 9.80 Å². The molecule has 1 amide bonds. The number of carbonyl (C=O) groups is 1. The third-order valence-electron chi connectivity index (χ3n) is 9.04. The maximum absolute atomic E-state index is 13.8. The number of piperidine rings is 1. The molecule has 40 heavy (non-hydrogen) atoms. The molecule has 210 valence electrons. The first-order valence-corrected chi connectivity index (χ1v) is 15.5. The molecule has 7 nitrogen and oxygen atoms in total. The first-order chi connectivity index (χ1) is 19.1. The molecule has 6 rings (SSSR count). The van der Waals surface area contributed by atoms with Crippen molar-refractivity contribution < 1.29 is 17.6 Å². The lowest BCUT2D eigenvalue weighted by Gasteiger charge is -2.40. The van der Waals surface area contributed by atoms with Crippen molar-refractivity contribution in [2.75, 3.05) is 31.1 Å². The zero-order valence-electron chi connectivity index (χ0n) is 23.0. The van der Waals surface area contributed by atoms with Crippen molar-refractivity contribution in [3.8, 4) is 0 Å². The summed E-state index contributed by atoms with van der Waals surface area (Å²) in [4.78, 5) is 22.2. The maximum Gasteiger partial charge on any atom is 0.253 e. The third-order valence-corrected chi connectivity index (χ3v) is 10.8. The van der Waals surface area contributed by atoms with Crippen molar-refractivity contribution >= 4 is 21.6 Å². The first-order valence-electron chi connectivity index (χ1n) is 14.0. The number of halogens is 1. The molecule has 1 aliphatic carbocycles. The topological polar surface area (TPSA) is 82.6 Å². The van der Waals surface area contributed by atoms with Gasteiger partial charge in [0.2, 0.25) is 10.0 Å². The molecular weight excluding hydrogens is 527 g/mol. The van der Waals surface area contributed by atoms with Crippen molar-refractivity contribution in [3.63, 3.8) is 0 Å². The fourth-order valence-corrected chi connectivity index (χ4v) is 8.62. The molecule has 2 fully saturated rings. The lowest BCUT2D eigenvalue weighted by molar-refractivity contribution is 0.0764. The number of hydrogen-bond acceptors (Lipinski definition) is 5. The Morgan fingerprint density at radius 2 is 1.68 bits per heavy atom. The molecule has 2 aromatic carbocycles. The number of anilines is 1. The van der Waals surface area contributed by atoms with Gasteiger partial charge in [-0.1, -0.05) is 6.07 Å². The molecule has 9 heteroatoms. The summed E-state index contributed by atoms with van der Waals surface area (Å²) in [6.45, 7) is 6.65. The highest BCUT2D eigenvalue weighted by molar-refractivity contribution is 7.89. The Morgan fingerprint density at radius 3 is 2.38 bits per heavy atom. The minimum Gasteiger partial charge on any atom is -0.371 e. The molecule has 1 aromatic heterocycles. The maximum atomic E-state index is 13.8. The predicted octanol–water partition coefficient (Wildman–Crippen LogP) is 4.94. The average molecular weight is 563 g/mol. The summed E-state index contributed by atoms with van der Waals surface area (Å²) in [6, 6.07) is 11.9. The summed E-state index contributed by atoms with van der Waals surface area (Å²) in [7, 11) is -3.88. The second kappa shape index (κ2) is 10.3. The van der Waals surface area contributed by atoms with Gasteiger partial charge >= 0.3 is 0 Å². The number of carbonyl (C=O) groups excluding carboxylic acids is 1. The number of fused-ring (bicyclic) bond motifs is 1. The van der Waals surface area contributed by atoms with Gasteiger partial charge in [-0.2, -0.15) is 0 Å². The average Bonchev–Trinajstić information content (AvgIpc) is 3.52. The number of nitrogens with one attached hydrogen (secondary N) is 1. The van der Waals surface area contributed by atoms with E-state index in [1.165, 1.54) is 17.8 Å². The number of likely N-dealkylation sites (tertiary alicyclic amines) is 1. The van der Waals surface area contributed by atoms with Gasteiger partial charge in [0.25, 0.3) is 5.91 Å². The van der Waals surface area contributed by atoms with E-state index in [2.05, 4.69) is 14.6 Å². The van der Waals surface area contributed by atoms with E-state index in [9.17, 15) is 17.6 Å². The monoisotopic (exact) mass is 562 g/mol. The van der Waals surface area contributed by atoms with Gasteiger partial charge in [-0.25, -0.2) is 17.5 Å². The second-order valence-electron chi connectivity index (χ2n) is 11.7. The zero-order chi connectivity index (χ0) is 28.1. The summed E-state index contributed by atoms with van der Waals surface area (Å²) < 4.78 is 43.3. The van der Waals surface area contributed by atoms with Crippen LogP contribution in [-0.2, 0) is 16.4 Å². The summed E-state index contributed by atoms with van der Waals surface area (Å²) >= 11 is 0. The number of amides is 1. The van der Waals surface area contributed by atoms with Crippen LogP contribution in [0, 0.1) is 25.1 Å². The van der Waals surface area contributed by atoms with Gasteiger partial charge in [-0.15, -0.1) is 0 Å². The van der Waals surface area contributed by atoms with E-state index in [0.717, 1.165) is 63.0 Å². The lowest BCUT2D eigenvalue weighted by Crippen LogP contribution is -2.42. The van der Waals surface area contributed by atoms with Crippen LogP contribution in [0.4, 0.5) is 10.1 Å². The quantitative estimate of drug-likeness (QED) is 0.477. The van der Waals surface area contributed by atoms with E-state index >= 15 is 0 Å². The van der Waals surface area contributed by atoms with Crippen LogP contribution in [0.15, 0.2) is 59.8 Å². The van der Waals surface area contributed by atoms with Gasteiger partial charge in [-0.3, -0.25) is 9.78 Å². The van der Waals surface area contributed by atoms with E-state index in [4.69, 9.17) is 0 Å². The molecule has 1 unspecified atom stereocenters. The summed E-state index contributed by atoms with van der Waals surface area (Å²) in [5.41, 5.74) is 4.61. The molecule has 2 aliphatic heterocycles. The van der Waals surface area contributed by atoms with Crippen LogP contribution in [0.3, 0.4) is 0 Å². The second-order valence-corrected chi connectivity index (χ2v) is 13.3. The van der Waals surface area contributed by atoms with Crippen molar-refractivity contribution in [3.05, 3.63) is 88.5 Å². The number of aryl methyl sites for hydroxylation is 3. The predicted molar refractivity (Wildman–Crippen MR) is 152 cm³/mol. The van der Waals surface area contributed by atoms with Crippen molar-refractivity contribution in [1.82, 2.24) is 14.6 Å². The van der Waals surface area contributed by atoms with Crippen LogP contribution in [-0.4, -0.2) is 50.4 Å². The van der Waals surface area contributed by atoms with Crippen LogP contribution in [0.2, 0.25) is 0 Å². The standard InChI is InChI=1S/C31H35FN4O3S/c1-21-17-25(32)18-22(2)29(21)40(38,39)34-28-6-5-23-3-4-24(19-27(23)28)30(37)36-16-11-31(20-36)9-14-35(15-10-31)26-7-12-33-13-8-26/h3-4,7-8,12-13,17-19,28,34H,5-6,9-11,14-16,20H2,1-2H3. The van der Waals surface area contributed by atoms with Crippen LogP contribution in [0.1, 0.15) is 64.3 Å². The Hall–Kier alpha value is -3.30. The van der Waals surface area contributed by atoms with Gasteiger partial charge in [0.1, 0.15) is 5.82 Å². The molecule has 3 aromatic rings. The number of benzene rings is 2. The summed E-state index contributed by atoms with van der Waals surface area (Å²) in [5.74, 6) is -0.443. The summed E-state index contributed by atoms with van der Waals surface area (Å²) in [5, 5.41) is 0. The minimum atomic E-state index is -3.88. The number of hydrogen-bond donors (Lipinski definition) is 1. The molecule has 0 saturated carbocycles. The largest absolute Gasteiger partial charge is 0.371 e. The van der Waals surface area contributed by atoms with Crippen LogP contribution >= 0.6 is 0 Å². The Kier molecular flexibility index (Phi) is 6.91. The zero-order valence-corrected chi connectivity index (χ0v) is 23.8. The third kappa shape index (κ3) is 5.01. The normalized spacial score (nSPS) is 20.2. The minimum absolute atomic E-state index is 0.00923. The molecule has 1 N–H and O–H groups in total. The number of pyridine rings is 1. The molecule has 0 radical (unpaired) electrons. The molecule has 1 spiro atoms. The molecule has 3 heterocycles. The van der Waals surface area contributed by atoms with Gasteiger partial charge in [-0.05, 0) is 110 Å². The van der Waals surface area contributed by atoms with E-state index in [0.29, 0.717) is 23.1 Å². The Balaban J connectivity index is 1.15. The highest BCUT2D eigenvalue weighted by atomic mass is 32.2. The first kappa shape index (κ1) is 26.9. The Labute approximate surface area is 235 Å². The van der Waals surface area contributed by atoms with Gasteiger partial charge in [0.05, 0.1) is 4.90 Å². The van der Waals surface area contributed by atoms with Gasteiger partial charge in [0, 0.05) is 55.9 Å². The smallest absolute Gasteiger partial charge is 0.253 e. The van der Waals surface area contributed by atoms with Crippen LogP contribution < -0.4 is 9.62 Å². The highest BCUT2D eigenvalue weighted by Gasteiger charge is 2.42. The van der Waals surface area contributed by atoms with E-state index in [-0.39, 0.29) is 16.2 Å². The van der Waals surface area contributed by atoms with Crippen molar-refractivity contribution in [2.24, 2.45) is 5.41 Å². The molecule has 3 aliphatic rings. The Morgan fingerprint density at radius 1 is 1.00 bits per heavy atom. The highest BCUT2D eigenvalue weighted by Crippen LogP contribution is 2.42. The van der Waals surface area contributed by atoms with Crippen molar-refractivity contribution in [1.29, 1.82) is 0 Å². The fraction of sp³-hybridized carbons (Fsp3) is 0.419. The summed E-state index contributed by atoms with van der Waals surface area (Å²) in [6.07, 6.45) is 8.11. The van der Waals surface area contributed by atoms with E-state index in [1.807, 2.05) is 47.6 Å². The van der Waals surface area contributed by atoms with Crippen molar-refractivity contribution in [2.45, 2.75) is 56.9 Å². The Bertz CT molecular complexity index is 1530. The fourth-order valence-electron chi connectivity index (χ4n) is 6.92. The number of rotatable bonds is 5. The molecular formula is C31H35FN4O3S. The molecule has 1 atom stereocenters. The van der Waals surface area contributed by atoms with E-state index in [1.54, 1.807) is 13.8 Å². The SMILES string of the molecule is Cc1cc(F)cc(C)c1S(=O)(=O)NC1CCc2ccc(C(=O)N3CCC4(CCN(c5ccncc5)CC4)C3)cc21.